The van der Waals surface area contributed by atoms with Crippen molar-refractivity contribution in [2.45, 2.75) is 56.5 Å². The van der Waals surface area contributed by atoms with Gasteiger partial charge in [-0.05, 0) is 56.9 Å². The van der Waals surface area contributed by atoms with E-state index in [1.165, 1.54) is 12.8 Å². The third kappa shape index (κ3) is 2.98. The number of hydrogen-bond acceptors (Lipinski definition) is 2. The highest BCUT2D eigenvalue weighted by atomic mass is 16.5. The molecule has 0 heterocycles. The Hall–Kier alpha value is -1.35. The molecule has 0 saturated heterocycles. The Morgan fingerprint density at radius 1 is 1.19 bits per heavy atom. The number of carboxylic acids is 1. The molecular weight excluding hydrogens is 264 g/mol. The molecule has 1 N–H and O–H groups in total. The second-order valence-electron chi connectivity index (χ2n) is 6.96. The van der Waals surface area contributed by atoms with Crippen LogP contribution in [0.2, 0.25) is 0 Å². The lowest BCUT2D eigenvalue weighted by molar-refractivity contribution is -0.149. The molecule has 2 aliphatic carbocycles. The van der Waals surface area contributed by atoms with Crippen LogP contribution in [0.15, 0.2) is 30.3 Å². The van der Waals surface area contributed by atoms with Gasteiger partial charge in [-0.3, -0.25) is 4.79 Å². The summed E-state index contributed by atoms with van der Waals surface area (Å²) in [4.78, 5) is 11.9. The van der Waals surface area contributed by atoms with E-state index < -0.39 is 11.4 Å². The summed E-state index contributed by atoms with van der Waals surface area (Å²) in [5, 5.41) is 9.80. The summed E-state index contributed by atoms with van der Waals surface area (Å²) in [7, 11) is 0. The van der Waals surface area contributed by atoms with Gasteiger partial charge < -0.3 is 9.84 Å². The molecule has 0 unspecified atom stereocenters. The molecule has 0 aromatic heterocycles. The van der Waals surface area contributed by atoms with E-state index >= 15 is 0 Å². The van der Waals surface area contributed by atoms with Gasteiger partial charge in [0.05, 0.1) is 17.6 Å². The van der Waals surface area contributed by atoms with Gasteiger partial charge in [-0.2, -0.15) is 0 Å². The quantitative estimate of drug-likeness (QED) is 0.897. The second kappa shape index (κ2) is 5.45. The molecule has 0 bridgehead atoms. The predicted molar refractivity (Wildman–Crippen MR) is 81.3 cm³/mol. The minimum absolute atomic E-state index is 0.143. The average Bonchev–Trinajstić information content (AvgIpc) is 3.31. The molecule has 3 rings (SSSR count). The largest absolute Gasteiger partial charge is 0.481 e. The number of benzene rings is 1. The number of aliphatic carboxylic acids is 1. The standard InChI is InChI=1S/C18H24O3/c1-17(21-13-14-7-8-14)9-11-18(12-10-17,16(19)20)15-5-3-2-4-6-15/h2-6,14H,7-13H2,1H3,(H,19,20)/t17-,18-. The first-order valence-corrected chi connectivity index (χ1v) is 7.97. The monoisotopic (exact) mass is 288 g/mol. The average molecular weight is 288 g/mol. The fourth-order valence-corrected chi connectivity index (χ4v) is 3.34. The Labute approximate surface area is 126 Å². The minimum Gasteiger partial charge on any atom is -0.481 e. The lowest BCUT2D eigenvalue weighted by Crippen LogP contribution is -2.45. The SMILES string of the molecule is C[C@]1(OCC2CC2)CC[C@@](C(=O)O)(c2ccccc2)CC1. The summed E-state index contributed by atoms with van der Waals surface area (Å²) in [6.07, 6.45) is 5.54. The Balaban J connectivity index is 1.72. The Morgan fingerprint density at radius 2 is 1.81 bits per heavy atom. The van der Waals surface area contributed by atoms with Gasteiger partial charge in [-0.1, -0.05) is 30.3 Å². The summed E-state index contributed by atoms with van der Waals surface area (Å²) in [5.41, 5.74) is 0.0572. The van der Waals surface area contributed by atoms with Gasteiger partial charge >= 0.3 is 5.97 Å². The topological polar surface area (TPSA) is 46.5 Å². The highest BCUT2D eigenvalue weighted by Crippen LogP contribution is 2.45. The number of hydrogen-bond donors (Lipinski definition) is 1. The van der Waals surface area contributed by atoms with Crippen molar-refractivity contribution >= 4 is 5.97 Å². The Kier molecular flexibility index (Phi) is 3.78. The molecule has 0 atom stereocenters. The molecule has 0 radical (unpaired) electrons. The van der Waals surface area contributed by atoms with Crippen LogP contribution in [0.1, 0.15) is 51.0 Å². The van der Waals surface area contributed by atoms with Crippen molar-refractivity contribution in [2.24, 2.45) is 5.92 Å². The van der Waals surface area contributed by atoms with Crippen LogP contribution in [0.4, 0.5) is 0 Å². The Morgan fingerprint density at radius 3 is 2.33 bits per heavy atom. The number of carboxylic acid groups (broad SMARTS) is 1. The summed E-state index contributed by atoms with van der Waals surface area (Å²) in [6.45, 7) is 2.99. The van der Waals surface area contributed by atoms with Crippen LogP contribution < -0.4 is 0 Å². The van der Waals surface area contributed by atoms with E-state index in [1.54, 1.807) is 0 Å². The van der Waals surface area contributed by atoms with Gasteiger partial charge in [0.1, 0.15) is 0 Å². The zero-order chi connectivity index (χ0) is 14.9. The highest BCUT2D eigenvalue weighted by Gasteiger charge is 2.47. The third-order valence-electron chi connectivity index (χ3n) is 5.26. The van der Waals surface area contributed by atoms with Crippen LogP contribution in [-0.2, 0) is 14.9 Å². The lowest BCUT2D eigenvalue weighted by atomic mass is 9.65. The lowest BCUT2D eigenvalue weighted by Gasteiger charge is -2.42. The number of ether oxygens (including phenoxy) is 1. The summed E-state index contributed by atoms with van der Waals surface area (Å²) < 4.78 is 6.11. The number of rotatable bonds is 5. The first-order chi connectivity index (χ1) is 10.0. The van der Waals surface area contributed by atoms with Crippen molar-refractivity contribution in [3.63, 3.8) is 0 Å². The van der Waals surface area contributed by atoms with Crippen LogP contribution in [0.5, 0.6) is 0 Å². The first-order valence-electron chi connectivity index (χ1n) is 7.97. The van der Waals surface area contributed by atoms with Crippen LogP contribution in [0.25, 0.3) is 0 Å². The maximum absolute atomic E-state index is 11.9. The summed E-state index contributed by atoms with van der Waals surface area (Å²) >= 11 is 0. The van der Waals surface area contributed by atoms with Crippen LogP contribution in [0.3, 0.4) is 0 Å². The van der Waals surface area contributed by atoms with Gasteiger partial charge in [0.25, 0.3) is 0 Å². The van der Waals surface area contributed by atoms with Crippen molar-refractivity contribution in [3.05, 3.63) is 35.9 Å². The maximum atomic E-state index is 11.9. The van der Waals surface area contributed by atoms with E-state index in [9.17, 15) is 9.90 Å². The summed E-state index contributed by atoms with van der Waals surface area (Å²) in [6, 6.07) is 9.68. The van der Waals surface area contributed by atoms with Crippen LogP contribution >= 0.6 is 0 Å². The zero-order valence-electron chi connectivity index (χ0n) is 12.7. The first kappa shape index (κ1) is 14.6. The van der Waals surface area contributed by atoms with Crippen molar-refractivity contribution in [2.75, 3.05) is 6.61 Å². The van der Waals surface area contributed by atoms with Crippen molar-refractivity contribution in [3.8, 4) is 0 Å². The molecular formula is C18H24O3. The van der Waals surface area contributed by atoms with Crippen molar-refractivity contribution < 1.29 is 14.6 Å². The van der Waals surface area contributed by atoms with E-state index in [0.717, 1.165) is 30.9 Å². The fourth-order valence-electron chi connectivity index (χ4n) is 3.34. The normalized spacial score (nSPS) is 32.8. The van der Waals surface area contributed by atoms with Gasteiger partial charge in [0.15, 0.2) is 0 Å². The van der Waals surface area contributed by atoms with Gasteiger partial charge in [0.2, 0.25) is 0 Å². The molecule has 0 amide bonds. The fraction of sp³-hybridized carbons (Fsp3) is 0.611. The number of carbonyl (C=O) groups is 1. The molecule has 3 heteroatoms. The van der Waals surface area contributed by atoms with E-state index in [4.69, 9.17) is 4.74 Å². The van der Waals surface area contributed by atoms with Crippen molar-refractivity contribution in [1.29, 1.82) is 0 Å². The highest BCUT2D eigenvalue weighted by molar-refractivity contribution is 5.81. The zero-order valence-corrected chi connectivity index (χ0v) is 12.7. The van der Waals surface area contributed by atoms with Crippen LogP contribution in [-0.4, -0.2) is 23.3 Å². The molecule has 3 nitrogen and oxygen atoms in total. The molecule has 114 valence electrons. The third-order valence-corrected chi connectivity index (χ3v) is 5.26. The van der Waals surface area contributed by atoms with E-state index in [2.05, 4.69) is 6.92 Å². The minimum atomic E-state index is -0.732. The van der Waals surface area contributed by atoms with Crippen molar-refractivity contribution in [1.82, 2.24) is 0 Å². The summed E-state index contributed by atoms with van der Waals surface area (Å²) in [5.74, 6) is 0.0556. The van der Waals surface area contributed by atoms with Gasteiger partial charge in [-0.25, -0.2) is 0 Å². The van der Waals surface area contributed by atoms with E-state index in [1.807, 2.05) is 30.3 Å². The molecule has 2 fully saturated rings. The predicted octanol–water partition coefficient (Wildman–Crippen LogP) is 3.77. The second-order valence-corrected chi connectivity index (χ2v) is 6.96. The van der Waals surface area contributed by atoms with Gasteiger partial charge in [0, 0.05) is 0 Å². The molecule has 1 aromatic carbocycles. The van der Waals surface area contributed by atoms with Gasteiger partial charge in [-0.15, -0.1) is 0 Å². The molecule has 2 saturated carbocycles. The van der Waals surface area contributed by atoms with E-state index in [0.29, 0.717) is 12.8 Å². The maximum Gasteiger partial charge on any atom is 0.314 e. The van der Waals surface area contributed by atoms with E-state index in [-0.39, 0.29) is 5.60 Å². The smallest absolute Gasteiger partial charge is 0.314 e. The molecule has 0 spiro atoms. The molecule has 0 aliphatic heterocycles. The Bertz CT molecular complexity index is 496. The van der Waals surface area contributed by atoms with Crippen LogP contribution in [0, 0.1) is 5.92 Å². The molecule has 21 heavy (non-hydrogen) atoms. The molecule has 2 aliphatic rings. The molecule has 1 aromatic rings.